The number of nitrogens with two attached hydrogens (primary N) is 1. The molecule has 1 atom stereocenters. The highest BCUT2D eigenvalue weighted by atomic mass is 35.5. The third-order valence-corrected chi connectivity index (χ3v) is 5.31. The third kappa shape index (κ3) is 5.59. The summed E-state index contributed by atoms with van der Waals surface area (Å²) in [5.74, 6) is -3.79. The lowest BCUT2D eigenvalue weighted by molar-refractivity contribution is 0.516. The van der Waals surface area contributed by atoms with Crippen molar-refractivity contribution in [2.75, 3.05) is 12.4 Å². The monoisotopic (exact) mass is 459 g/mol. The molecule has 0 aromatic heterocycles. The Labute approximate surface area is 176 Å². The van der Waals surface area contributed by atoms with Crippen LogP contribution in [0.25, 0.3) is 0 Å². The van der Waals surface area contributed by atoms with Crippen LogP contribution >= 0.6 is 11.6 Å². The van der Waals surface area contributed by atoms with E-state index in [1.54, 1.807) is 0 Å². The molecule has 2 aromatic rings. The fourth-order valence-corrected chi connectivity index (χ4v) is 3.68. The zero-order valence-electron chi connectivity index (χ0n) is 15.5. The summed E-state index contributed by atoms with van der Waals surface area (Å²) in [7, 11) is -3.25. The number of nitrogens with one attached hydrogen (secondary N) is 2. The van der Waals surface area contributed by atoms with Gasteiger partial charge in [-0.15, -0.1) is 0 Å². The first kappa shape index (κ1) is 23.4. The van der Waals surface area contributed by atoms with Crippen molar-refractivity contribution in [2.45, 2.75) is 11.1 Å². The minimum Gasteiger partial charge on any atom is -0.366 e. The second kappa shape index (κ2) is 9.74. The summed E-state index contributed by atoms with van der Waals surface area (Å²) in [6.45, 7) is 3.17. The molecule has 0 saturated heterocycles. The summed E-state index contributed by atoms with van der Waals surface area (Å²) in [6.07, 6.45) is 1.15. The lowest BCUT2D eigenvalue weighted by Gasteiger charge is -2.18. The Morgan fingerprint density at radius 1 is 1.20 bits per heavy atom. The molecule has 0 radical (unpaired) electrons. The molecule has 0 amide bonds. The highest BCUT2D eigenvalue weighted by Gasteiger charge is 2.26. The number of halogens is 4. The number of anilines is 1. The number of hydrogen-bond acceptors (Lipinski definition) is 6. The van der Waals surface area contributed by atoms with Crippen molar-refractivity contribution in [1.82, 2.24) is 4.72 Å². The van der Waals surface area contributed by atoms with Crippen LogP contribution in [0, 0.1) is 17.5 Å². The smallest absolute Gasteiger partial charge is 0.268 e. The number of hydrogen-bond donors (Lipinski definition) is 3. The maximum absolute atomic E-state index is 14.5. The molecule has 160 valence electrons. The van der Waals surface area contributed by atoms with E-state index in [2.05, 4.69) is 22.0 Å². The van der Waals surface area contributed by atoms with E-state index in [0.29, 0.717) is 12.1 Å². The molecule has 0 aliphatic carbocycles. The lowest BCUT2D eigenvalue weighted by atomic mass is 10.1. The van der Waals surface area contributed by atoms with Crippen molar-refractivity contribution in [1.29, 1.82) is 0 Å². The molecular weight excluding hydrogens is 443 g/mol. The van der Waals surface area contributed by atoms with Crippen LogP contribution < -0.4 is 15.8 Å². The van der Waals surface area contributed by atoms with Gasteiger partial charge in [0, 0.05) is 29.5 Å². The van der Waals surface area contributed by atoms with Gasteiger partial charge in [0.15, 0.2) is 4.90 Å². The molecular formula is C18H17ClF3N5O2S. The van der Waals surface area contributed by atoms with E-state index < -0.39 is 38.5 Å². The van der Waals surface area contributed by atoms with Crippen LogP contribution in [0.3, 0.4) is 0 Å². The number of rotatable bonds is 8. The van der Waals surface area contributed by atoms with Crippen molar-refractivity contribution in [3.05, 3.63) is 70.3 Å². The molecule has 0 aliphatic heterocycles. The number of nitrogens with zero attached hydrogens (tertiary/aromatic N) is 2. The molecule has 0 spiro atoms. The van der Waals surface area contributed by atoms with Gasteiger partial charge in [0.25, 0.3) is 10.0 Å². The molecule has 0 saturated carbocycles. The van der Waals surface area contributed by atoms with Crippen molar-refractivity contribution < 1.29 is 21.6 Å². The topological polar surface area (TPSA) is 109 Å². The van der Waals surface area contributed by atoms with Gasteiger partial charge in [-0.25, -0.2) is 26.6 Å². The summed E-state index contributed by atoms with van der Waals surface area (Å²) < 4.78 is 69.5. The molecule has 0 heterocycles. The summed E-state index contributed by atoms with van der Waals surface area (Å²) in [5.41, 5.74) is 5.56. The van der Waals surface area contributed by atoms with Crippen LogP contribution in [0.15, 0.2) is 57.1 Å². The molecule has 4 N–H and O–H groups in total. The van der Waals surface area contributed by atoms with Gasteiger partial charge in [0.1, 0.15) is 29.4 Å². The van der Waals surface area contributed by atoms with Gasteiger partial charge in [-0.3, -0.25) is 9.71 Å². The van der Waals surface area contributed by atoms with Gasteiger partial charge in [-0.1, -0.05) is 11.6 Å². The Morgan fingerprint density at radius 3 is 2.40 bits per heavy atom. The molecule has 0 unspecified atom stereocenters. The van der Waals surface area contributed by atoms with Crippen LogP contribution in [0.2, 0.25) is 5.02 Å². The molecule has 0 aliphatic rings. The van der Waals surface area contributed by atoms with Crippen molar-refractivity contribution in [2.24, 2.45) is 15.7 Å². The van der Waals surface area contributed by atoms with Crippen LogP contribution in [0.5, 0.6) is 0 Å². The first-order valence-corrected chi connectivity index (χ1v) is 10.0. The van der Waals surface area contributed by atoms with E-state index in [-0.39, 0.29) is 22.1 Å². The van der Waals surface area contributed by atoms with E-state index in [9.17, 15) is 21.6 Å². The van der Waals surface area contributed by atoms with Crippen LogP contribution in [0.4, 0.5) is 18.9 Å². The van der Waals surface area contributed by atoms with E-state index in [1.807, 2.05) is 4.72 Å². The van der Waals surface area contributed by atoms with E-state index in [0.717, 1.165) is 12.1 Å². The Hall–Kier alpha value is -2.89. The highest BCUT2D eigenvalue weighted by molar-refractivity contribution is 7.89. The van der Waals surface area contributed by atoms with Crippen molar-refractivity contribution in [3.63, 3.8) is 0 Å². The Morgan fingerprint density at radius 2 is 1.83 bits per heavy atom. The minimum atomic E-state index is -4.67. The van der Waals surface area contributed by atoms with Gasteiger partial charge < -0.3 is 11.1 Å². The van der Waals surface area contributed by atoms with Gasteiger partial charge >= 0.3 is 0 Å². The number of benzene rings is 2. The minimum absolute atomic E-state index is 0.0499. The average Bonchev–Trinajstić information content (AvgIpc) is 2.66. The zero-order valence-corrected chi connectivity index (χ0v) is 17.1. The maximum Gasteiger partial charge on any atom is 0.268 e. The first-order valence-electron chi connectivity index (χ1n) is 8.17. The number of allylic oxidation sites excluding steroid dienone is 1. The molecule has 7 nitrogen and oxygen atoms in total. The van der Waals surface area contributed by atoms with E-state index >= 15 is 0 Å². The normalized spacial score (nSPS) is 13.3. The van der Waals surface area contributed by atoms with Gasteiger partial charge in [-0.2, -0.15) is 0 Å². The Balaban J connectivity index is 2.35. The quantitative estimate of drug-likeness (QED) is 0.415. The molecule has 0 fully saturated rings. The highest BCUT2D eigenvalue weighted by Crippen LogP contribution is 2.27. The third-order valence-electron chi connectivity index (χ3n) is 3.67. The predicted molar refractivity (Wildman–Crippen MR) is 111 cm³/mol. The van der Waals surface area contributed by atoms with Gasteiger partial charge in [-0.05, 0) is 43.1 Å². The molecule has 0 bridgehead atoms. The molecule has 30 heavy (non-hydrogen) atoms. The Kier molecular flexibility index (Phi) is 7.59. The first-order chi connectivity index (χ1) is 14.1. The molecule has 2 rings (SSSR count). The largest absolute Gasteiger partial charge is 0.366 e. The number of sulfonamides is 1. The summed E-state index contributed by atoms with van der Waals surface area (Å²) >= 11 is 5.80. The standard InChI is InChI=1S/C18H17ClF3N5O2S/c1-24-6-5-16(25-2)27-30(28,29)17-14(21)8-11(9-15(17)22)26-18(23)12-7-10(19)3-4-13(12)20/h3-9,18,26-27H,2,23H2,1H3/b16-5+,24-6-/t18-/m1/s1. The lowest BCUT2D eigenvalue weighted by Crippen LogP contribution is -2.25. The van der Waals surface area contributed by atoms with Crippen LogP contribution in [-0.2, 0) is 10.0 Å². The summed E-state index contributed by atoms with van der Waals surface area (Å²) in [4.78, 5) is 5.78. The van der Waals surface area contributed by atoms with E-state index in [4.69, 9.17) is 17.3 Å². The summed E-state index contributed by atoms with van der Waals surface area (Å²) in [5, 5.41) is 2.70. The number of aliphatic imine (C=N–C) groups is 2. The molecule has 2 aromatic carbocycles. The van der Waals surface area contributed by atoms with Crippen LogP contribution in [-0.4, -0.2) is 28.4 Å². The Bertz CT molecular complexity index is 1100. The van der Waals surface area contributed by atoms with Crippen LogP contribution in [0.1, 0.15) is 11.7 Å². The van der Waals surface area contributed by atoms with Crippen molar-refractivity contribution in [3.8, 4) is 0 Å². The van der Waals surface area contributed by atoms with Gasteiger partial charge in [0.2, 0.25) is 0 Å². The van der Waals surface area contributed by atoms with Crippen molar-refractivity contribution >= 4 is 40.2 Å². The van der Waals surface area contributed by atoms with E-state index in [1.165, 1.54) is 25.4 Å². The predicted octanol–water partition coefficient (Wildman–Crippen LogP) is 3.35. The fourth-order valence-electron chi connectivity index (χ4n) is 2.36. The second-order valence-electron chi connectivity index (χ2n) is 5.78. The SMILES string of the molecule is C=N/C(=C\C=N/C)NS(=O)(=O)c1c(F)cc(N[C@@H](N)c2cc(Cl)ccc2F)cc1F. The molecule has 12 heteroatoms. The summed E-state index contributed by atoms with van der Waals surface area (Å²) in [6, 6.07) is 5.06. The zero-order chi connectivity index (χ0) is 22.5. The second-order valence-corrected chi connectivity index (χ2v) is 7.84. The van der Waals surface area contributed by atoms with Gasteiger partial charge in [0.05, 0.1) is 0 Å². The average molecular weight is 460 g/mol. The maximum atomic E-state index is 14.5. The fraction of sp³-hybridized carbons (Fsp3) is 0.111.